The minimum atomic E-state index is -0.217. The Morgan fingerprint density at radius 1 is 1.36 bits per heavy atom. The third-order valence-electron chi connectivity index (χ3n) is 5.47. The molecule has 0 spiro atoms. The van der Waals surface area contributed by atoms with E-state index in [9.17, 15) is 9.59 Å². The first-order chi connectivity index (χ1) is 13.7. The van der Waals surface area contributed by atoms with Crippen LogP contribution in [-0.4, -0.2) is 41.3 Å². The second-order valence-electron chi connectivity index (χ2n) is 7.41. The lowest BCUT2D eigenvalue weighted by atomic mass is 9.96. The van der Waals surface area contributed by atoms with Gasteiger partial charge in [0.25, 0.3) is 5.91 Å². The number of hydrogen-bond acceptors (Lipinski definition) is 5. The Balaban J connectivity index is 1.51. The molecule has 2 aliphatic rings. The lowest BCUT2D eigenvalue weighted by molar-refractivity contribution is -0.123. The Hall–Kier alpha value is -2.41. The van der Waals surface area contributed by atoms with Crippen molar-refractivity contribution in [2.75, 3.05) is 24.5 Å². The van der Waals surface area contributed by atoms with Crippen LogP contribution in [-0.2, 0) is 17.6 Å². The molecule has 2 aromatic heterocycles. The molecule has 1 aliphatic heterocycles. The summed E-state index contributed by atoms with van der Waals surface area (Å²) >= 11 is 1.63. The van der Waals surface area contributed by atoms with Crippen LogP contribution in [0.5, 0.6) is 0 Å². The van der Waals surface area contributed by atoms with Gasteiger partial charge in [-0.3, -0.25) is 14.5 Å². The summed E-state index contributed by atoms with van der Waals surface area (Å²) < 4.78 is 5.03. The van der Waals surface area contributed by atoms with Crippen molar-refractivity contribution in [2.24, 2.45) is 5.92 Å². The summed E-state index contributed by atoms with van der Waals surface area (Å²) in [5.74, 6) is -0.257. The highest BCUT2D eigenvalue weighted by Crippen LogP contribution is 2.33. The Bertz CT molecular complexity index is 835. The molecule has 0 unspecified atom stereocenters. The van der Waals surface area contributed by atoms with Crippen molar-refractivity contribution in [3.8, 4) is 0 Å². The molecular weight excluding hydrogens is 374 g/mol. The molecule has 4 rings (SSSR count). The first-order valence-corrected chi connectivity index (χ1v) is 10.7. The smallest absolute Gasteiger partial charge is 0.257 e. The summed E-state index contributed by atoms with van der Waals surface area (Å²) in [5, 5.41) is 0.773. The number of amides is 2. The fourth-order valence-electron chi connectivity index (χ4n) is 4.00. The molecule has 1 saturated heterocycles. The number of fused-ring (bicyclic) bond motifs is 1. The summed E-state index contributed by atoms with van der Waals surface area (Å²) in [7, 11) is 0. The van der Waals surface area contributed by atoms with Crippen molar-refractivity contribution in [1.29, 1.82) is 0 Å². The first kappa shape index (κ1) is 18.9. The number of carbonyl (C=O) groups excluding carboxylic acids is 2. The van der Waals surface area contributed by atoms with Crippen LogP contribution in [0, 0.1) is 5.92 Å². The van der Waals surface area contributed by atoms with E-state index in [4.69, 9.17) is 9.40 Å². The fourth-order valence-corrected chi connectivity index (χ4v) is 5.16. The molecule has 28 heavy (non-hydrogen) atoms. The average Bonchev–Trinajstić information content (AvgIpc) is 3.40. The number of nitrogens with zero attached hydrogens (tertiary/aromatic N) is 3. The van der Waals surface area contributed by atoms with Gasteiger partial charge in [-0.2, -0.15) is 0 Å². The molecule has 0 bridgehead atoms. The maximum atomic E-state index is 13.3. The molecule has 2 amide bonds. The highest BCUT2D eigenvalue weighted by atomic mass is 32.1. The van der Waals surface area contributed by atoms with Gasteiger partial charge in [0.1, 0.15) is 6.26 Å². The number of hydrogen-bond donors (Lipinski definition) is 0. The quantitative estimate of drug-likeness (QED) is 0.719. The fraction of sp³-hybridized carbons (Fsp3) is 0.476. The van der Waals surface area contributed by atoms with E-state index in [1.165, 1.54) is 30.2 Å². The number of furan rings is 1. The van der Waals surface area contributed by atoms with E-state index in [1.807, 2.05) is 0 Å². The summed E-state index contributed by atoms with van der Waals surface area (Å²) in [6.45, 7) is 5.36. The van der Waals surface area contributed by atoms with Crippen LogP contribution in [0.2, 0.25) is 0 Å². The van der Waals surface area contributed by atoms with Crippen LogP contribution in [0.3, 0.4) is 0 Å². The zero-order valence-electron chi connectivity index (χ0n) is 15.9. The lowest BCUT2D eigenvalue weighted by Crippen LogP contribution is -2.47. The van der Waals surface area contributed by atoms with E-state index in [-0.39, 0.29) is 17.7 Å². The molecule has 6 nitrogen and oxygen atoms in total. The molecule has 0 radical (unpaired) electrons. The number of likely N-dealkylation sites (tertiary alicyclic amines) is 1. The van der Waals surface area contributed by atoms with Crippen molar-refractivity contribution >= 4 is 28.3 Å². The van der Waals surface area contributed by atoms with E-state index in [2.05, 4.69) is 6.58 Å². The number of anilines is 1. The minimum absolute atomic E-state index is 0.0377. The van der Waals surface area contributed by atoms with Crippen LogP contribution >= 0.6 is 11.3 Å². The number of aryl methyl sites for hydroxylation is 2. The highest BCUT2D eigenvalue weighted by molar-refractivity contribution is 7.16. The van der Waals surface area contributed by atoms with Crippen LogP contribution in [0.15, 0.2) is 35.7 Å². The van der Waals surface area contributed by atoms with E-state index >= 15 is 0 Å². The van der Waals surface area contributed by atoms with Gasteiger partial charge in [0.2, 0.25) is 5.91 Å². The maximum absolute atomic E-state index is 13.3. The minimum Gasteiger partial charge on any atom is -0.472 e. The molecule has 7 heteroatoms. The molecule has 0 saturated carbocycles. The van der Waals surface area contributed by atoms with Crippen LogP contribution in [0.4, 0.5) is 5.13 Å². The second-order valence-corrected chi connectivity index (χ2v) is 8.48. The van der Waals surface area contributed by atoms with Crippen molar-refractivity contribution in [1.82, 2.24) is 9.88 Å². The third kappa shape index (κ3) is 3.76. The Labute approximate surface area is 168 Å². The predicted octanol–water partition coefficient (Wildman–Crippen LogP) is 3.69. The molecule has 3 heterocycles. The van der Waals surface area contributed by atoms with E-state index in [0.717, 1.165) is 36.5 Å². The highest BCUT2D eigenvalue weighted by Gasteiger charge is 2.33. The van der Waals surface area contributed by atoms with Gasteiger partial charge in [-0.05, 0) is 44.6 Å². The summed E-state index contributed by atoms with van der Waals surface area (Å²) in [6.07, 6.45) is 10.7. The maximum Gasteiger partial charge on any atom is 0.257 e. The van der Waals surface area contributed by atoms with Gasteiger partial charge in [-0.15, -0.1) is 17.9 Å². The van der Waals surface area contributed by atoms with Gasteiger partial charge in [0, 0.05) is 24.5 Å². The van der Waals surface area contributed by atoms with Gasteiger partial charge < -0.3 is 9.32 Å². The topological polar surface area (TPSA) is 66.7 Å². The zero-order valence-corrected chi connectivity index (χ0v) is 16.7. The van der Waals surface area contributed by atoms with Crippen LogP contribution < -0.4 is 4.90 Å². The third-order valence-corrected chi connectivity index (χ3v) is 6.65. The molecule has 1 aliphatic carbocycles. The number of carbonyl (C=O) groups is 2. The van der Waals surface area contributed by atoms with Gasteiger partial charge in [-0.25, -0.2) is 4.98 Å². The monoisotopic (exact) mass is 399 g/mol. The zero-order chi connectivity index (χ0) is 19.5. The van der Waals surface area contributed by atoms with Crippen molar-refractivity contribution < 1.29 is 14.0 Å². The van der Waals surface area contributed by atoms with E-state index in [1.54, 1.807) is 33.3 Å². The first-order valence-electron chi connectivity index (χ1n) is 9.89. The van der Waals surface area contributed by atoms with Crippen LogP contribution in [0.25, 0.3) is 0 Å². The van der Waals surface area contributed by atoms with E-state index in [0.29, 0.717) is 25.2 Å². The number of piperidine rings is 1. The standard InChI is InChI=1S/C21H25N3O3S/c1-2-10-24(21-22-17-7-3-4-8-18(17)28-21)20(26)15-6-5-11-23(13-15)19(25)16-9-12-27-14-16/h2,9,12,14-15H,1,3-8,10-11,13H2/t15-/m1/s1. The lowest BCUT2D eigenvalue weighted by Gasteiger charge is -2.34. The second kappa shape index (κ2) is 8.31. The summed E-state index contributed by atoms with van der Waals surface area (Å²) in [6, 6.07) is 1.66. The summed E-state index contributed by atoms with van der Waals surface area (Å²) in [5.41, 5.74) is 1.68. The van der Waals surface area contributed by atoms with Gasteiger partial charge in [0.15, 0.2) is 5.13 Å². The number of rotatable bonds is 5. The largest absolute Gasteiger partial charge is 0.472 e. The molecule has 2 aromatic rings. The van der Waals surface area contributed by atoms with Crippen molar-refractivity contribution in [2.45, 2.75) is 38.5 Å². The SMILES string of the molecule is C=CCN(C(=O)[C@@H]1CCCN(C(=O)c2ccoc2)C1)c1nc2c(s1)CCCC2. The van der Waals surface area contributed by atoms with Crippen molar-refractivity contribution in [3.63, 3.8) is 0 Å². The Morgan fingerprint density at radius 3 is 2.96 bits per heavy atom. The Morgan fingerprint density at radius 2 is 2.21 bits per heavy atom. The Kier molecular flexibility index (Phi) is 5.62. The van der Waals surface area contributed by atoms with E-state index < -0.39 is 0 Å². The number of thiazole rings is 1. The average molecular weight is 400 g/mol. The molecule has 0 aromatic carbocycles. The van der Waals surface area contributed by atoms with Crippen molar-refractivity contribution in [3.05, 3.63) is 47.4 Å². The normalized spacial score (nSPS) is 19.1. The van der Waals surface area contributed by atoms with Gasteiger partial charge in [-0.1, -0.05) is 6.08 Å². The van der Waals surface area contributed by atoms with Gasteiger partial charge >= 0.3 is 0 Å². The molecular formula is C21H25N3O3S. The predicted molar refractivity (Wildman–Crippen MR) is 109 cm³/mol. The van der Waals surface area contributed by atoms with Gasteiger partial charge in [0.05, 0.1) is 23.4 Å². The molecule has 0 N–H and O–H groups in total. The van der Waals surface area contributed by atoms with Crippen LogP contribution in [0.1, 0.15) is 46.6 Å². The molecule has 1 atom stereocenters. The molecule has 1 fully saturated rings. The molecule has 148 valence electrons. The number of aromatic nitrogens is 1. The summed E-state index contributed by atoms with van der Waals surface area (Å²) in [4.78, 5) is 35.6.